The summed E-state index contributed by atoms with van der Waals surface area (Å²) in [5, 5.41) is 19.3. The molecule has 3 atom stereocenters. The summed E-state index contributed by atoms with van der Waals surface area (Å²) in [6, 6.07) is 7.08. The summed E-state index contributed by atoms with van der Waals surface area (Å²) in [5.74, 6) is -2.33. The molecule has 12 heteroatoms. The van der Waals surface area contributed by atoms with Crippen LogP contribution >= 0.6 is 50.9 Å². The summed E-state index contributed by atoms with van der Waals surface area (Å²) in [7, 11) is 0. The van der Waals surface area contributed by atoms with E-state index in [4.69, 9.17) is 27.9 Å². The van der Waals surface area contributed by atoms with Gasteiger partial charge in [-0.3, -0.25) is 4.79 Å². The van der Waals surface area contributed by atoms with Gasteiger partial charge in [0.05, 0.1) is 5.56 Å². The summed E-state index contributed by atoms with van der Waals surface area (Å²) in [4.78, 5) is 24.6. The van der Waals surface area contributed by atoms with Crippen LogP contribution in [-0.2, 0) is 19.9 Å². The number of aliphatic hydroxyl groups is 1. The Kier molecular flexibility index (Phi) is 7.59. The lowest BCUT2D eigenvalue weighted by atomic mass is 9.79. The second kappa shape index (κ2) is 9.45. The van der Waals surface area contributed by atoms with Crippen molar-refractivity contribution in [1.82, 2.24) is 0 Å². The van der Waals surface area contributed by atoms with Gasteiger partial charge in [0.25, 0.3) is 0 Å². The van der Waals surface area contributed by atoms with Crippen molar-refractivity contribution in [3.63, 3.8) is 0 Å². The predicted octanol–water partition coefficient (Wildman–Crippen LogP) is 6.95. The van der Waals surface area contributed by atoms with E-state index in [2.05, 4.69) is 15.9 Å². The van der Waals surface area contributed by atoms with Gasteiger partial charge in [0, 0.05) is 20.9 Å². The molecule has 0 aromatic heterocycles. The number of halogens is 6. The topological polar surface area (TPSA) is 83.8 Å². The number of carbonyl (C=O) groups is 2. The highest BCUT2D eigenvalue weighted by atomic mass is 79.9. The summed E-state index contributed by atoms with van der Waals surface area (Å²) >= 11 is 15.2. The quantitative estimate of drug-likeness (QED) is 0.362. The minimum absolute atomic E-state index is 0.0634. The molecule has 2 aromatic rings. The first-order valence-electron chi connectivity index (χ1n) is 10.1. The van der Waals surface area contributed by atoms with E-state index in [1.807, 2.05) is 0 Å². The first kappa shape index (κ1) is 28.1. The molecule has 1 fully saturated rings. The molecule has 2 N–H and O–H groups in total. The molecular formula is C23H20BrCl2F3O5S. The smallest absolute Gasteiger partial charge is 0.407 e. The van der Waals surface area contributed by atoms with E-state index in [1.54, 1.807) is 20.8 Å². The molecule has 1 heterocycles. The van der Waals surface area contributed by atoms with Gasteiger partial charge in [0.2, 0.25) is 0 Å². The largest absolute Gasteiger partial charge is 0.480 e. The molecular weight excluding hydrogens is 596 g/mol. The van der Waals surface area contributed by atoms with Crippen molar-refractivity contribution in [2.24, 2.45) is 0 Å². The zero-order valence-corrected chi connectivity index (χ0v) is 22.5. The van der Waals surface area contributed by atoms with Gasteiger partial charge in [0.15, 0.2) is 0 Å². The minimum Gasteiger partial charge on any atom is -0.480 e. The number of hydrogen-bond acceptors (Lipinski definition) is 5. The molecule has 0 bridgehead atoms. The van der Waals surface area contributed by atoms with Gasteiger partial charge in [-0.15, -0.1) is 11.8 Å². The highest BCUT2D eigenvalue weighted by Crippen LogP contribution is 2.65. The average Bonchev–Trinajstić information content (AvgIpc) is 3.02. The number of ether oxygens (including phenoxy) is 1. The minimum atomic E-state index is -4.97. The van der Waals surface area contributed by atoms with Crippen molar-refractivity contribution in [2.45, 2.75) is 54.6 Å². The van der Waals surface area contributed by atoms with E-state index >= 15 is 0 Å². The molecule has 5 nitrogen and oxygen atoms in total. The second-order valence-corrected chi connectivity index (χ2v) is 12.2. The summed E-state index contributed by atoms with van der Waals surface area (Å²) in [6.07, 6.45) is -6.00. The summed E-state index contributed by atoms with van der Waals surface area (Å²) in [6.45, 7) is 5.01. The Labute approximate surface area is 222 Å². The van der Waals surface area contributed by atoms with E-state index in [-0.39, 0.29) is 43.0 Å². The van der Waals surface area contributed by atoms with Crippen molar-refractivity contribution < 1.29 is 37.7 Å². The zero-order chi connectivity index (χ0) is 26.6. The number of rotatable bonds is 4. The fourth-order valence-electron chi connectivity index (χ4n) is 3.89. The van der Waals surface area contributed by atoms with Crippen LogP contribution in [0, 0.1) is 0 Å². The Morgan fingerprint density at radius 1 is 1.09 bits per heavy atom. The van der Waals surface area contributed by atoms with E-state index in [0.717, 1.165) is 12.1 Å². The van der Waals surface area contributed by atoms with Crippen LogP contribution in [0.2, 0.25) is 10.0 Å². The number of carboxylic acids is 1. The lowest BCUT2D eigenvalue weighted by Gasteiger charge is -2.33. The van der Waals surface area contributed by atoms with E-state index in [1.165, 1.54) is 24.3 Å². The van der Waals surface area contributed by atoms with Crippen LogP contribution in [0.5, 0.6) is 0 Å². The van der Waals surface area contributed by atoms with Crippen LogP contribution in [0.1, 0.15) is 48.7 Å². The van der Waals surface area contributed by atoms with Crippen LogP contribution in [-0.4, -0.2) is 39.2 Å². The third-order valence-corrected chi connectivity index (χ3v) is 8.30. The number of alkyl halides is 3. The molecule has 190 valence electrons. The average molecular weight is 616 g/mol. The SMILES string of the molecule is CC(C)(C)OC(=O)c1ccc(C2(O)CC(c3cc(Cl)cc(Cl)c3)(C(F)(F)F)SC2C(=O)O)cc1Br. The third-order valence-electron chi connectivity index (χ3n) is 5.37. The number of carbonyl (C=O) groups excluding carboxylic acids is 1. The lowest BCUT2D eigenvalue weighted by molar-refractivity contribution is -0.173. The number of esters is 1. The Hall–Kier alpha value is -1.46. The van der Waals surface area contributed by atoms with Gasteiger partial charge in [-0.1, -0.05) is 29.3 Å². The van der Waals surface area contributed by atoms with Crippen molar-refractivity contribution in [3.05, 3.63) is 67.6 Å². The van der Waals surface area contributed by atoms with E-state index < -0.39 is 45.7 Å². The molecule has 1 saturated heterocycles. The molecule has 0 spiro atoms. The predicted molar refractivity (Wildman–Crippen MR) is 131 cm³/mol. The number of aliphatic carboxylic acids is 1. The molecule has 3 rings (SSSR count). The van der Waals surface area contributed by atoms with Gasteiger partial charge in [-0.25, -0.2) is 4.79 Å². The first-order chi connectivity index (χ1) is 15.9. The molecule has 3 unspecified atom stereocenters. The fraction of sp³-hybridized carbons (Fsp3) is 0.391. The number of carboxylic acid groups (broad SMARTS) is 1. The molecule has 0 amide bonds. The normalized spacial score (nSPS) is 24.9. The maximum atomic E-state index is 14.6. The number of benzene rings is 2. The molecule has 1 aliphatic heterocycles. The Balaban J connectivity index is 2.15. The van der Waals surface area contributed by atoms with Crippen LogP contribution in [0.4, 0.5) is 13.2 Å². The molecule has 1 aliphatic rings. The van der Waals surface area contributed by atoms with Crippen molar-refractivity contribution in [2.75, 3.05) is 0 Å². The third kappa shape index (κ3) is 5.46. The summed E-state index contributed by atoms with van der Waals surface area (Å²) in [5.41, 5.74) is -3.69. The van der Waals surface area contributed by atoms with Gasteiger partial charge in [-0.2, -0.15) is 13.2 Å². The molecule has 0 radical (unpaired) electrons. The molecule has 2 aromatic carbocycles. The van der Waals surface area contributed by atoms with Crippen molar-refractivity contribution >= 4 is 62.8 Å². The van der Waals surface area contributed by atoms with Crippen LogP contribution in [0.3, 0.4) is 0 Å². The Morgan fingerprint density at radius 3 is 2.11 bits per heavy atom. The van der Waals surface area contributed by atoms with Gasteiger partial charge in [0.1, 0.15) is 21.2 Å². The maximum Gasteiger partial charge on any atom is 0.407 e. The number of thioether (sulfide) groups is 1. The van der Waals surface area contributed by atoms with Gasteiger partial charge < -0.3 is 14.9 Å². The van der Waals surface area contributed by atoms with Gasteiger partial charge >= 0.3 is 18.1 Å². The Morgan fingerprint density at radius 2 is 1.66 bits per heavy atom. The monoisotopic (exact) mass is 614 g/mol. The second-order valence-electron chi connectivity index (χ2n) is 9.12. The van der Waals surface area contributed by atoms with E-state index in [0.29, 0.717) is 0 Å². The molecule has 0 saturated carbocycles. The molecule has 0 aliphatic carbocycles. The molecule has 35 heavy (non-hydrogen) atoms. The van der Waals surface area contributed by atoms with Gasteiger partial charge in [-0.05, 0) is 78.2 Å². The van der Waals surface area contributed by atoms with Crippen molar-refractivity contribution in [1.29, 1.82) is 0 Å². The van der Waals surface area contributed by atoms with Crippen LogP contribution in [0.25, 0.3) is 0 Å². The fourth-order valence-corrected chi connectivity index (χ4v) is 6.57. The summed E-state index contributed by atoms with van der Waals surface area (Å²) < 4.78 is 46.4. The zero-order valence-electron chi connectivity index (χ0n) is 18.5. The number of hydrogen-bond donors (Lipinski definition) is 2. The standard InChI is InChI=1S/C23H20BrCl2F3O5S/c1-20(2,3)34-19(32)15-5-4-11(8-16(15)24)21(33)10-22(23(27,28)29,35-17(21)18(30)31)12-6-13(25)9-14(26)7-12/h4-9,17,33H,10H2,1-3H3,(H,30,31). The first-order valence-corrected chi connectivity index (χ1v) is 12.5. The highest BCUT2D eigenvalue weighted by molar-refractivity contribution is 9.10. The maximum absolute atomic E-state index is 14.6. The van der Waals surface area contributed by atoms with Crippen LogP contribution < -0.4 is 0 Å². The Bertz CT molecular complexity index is 1170. The van der Waals surface area contributed by atoms with Crippen LogP contribution in [0.15, 0.2) is 40.9 Å². The highest BCUT2D eigenvalue weighted by Gasteiger charge is 2.69. The lowest BCUT2D eigenvalue weighted by Crippen LogP contribution is -2.41. The van der Waals surface area contributed by atoms with Crippen molar-refractivity contribution in [3.8, 4) is 0 Å². The van der Waals surface area contributed by atoms with E-state index in [9.17, 15) is 33.0 Å².